The standard InChI is InChI=1S/C21H32N2O/c1-16-4-6-19(7-5-16)21(2,3)14-20(24)23-12-9-17(10-13-23)18-8-11-22-15-18/h4-7,17-18,22H,8-15H2,1-3H3. The summed E-state index contributed by atoms with van der Waals surface area (Å²) in [5, 5.41) is 3.48. The average Bonchev–Trinajstić information content (AvgIpc) is 3.09. The number of amides is 1. The number of carbonyl (C=O) groups is 1. The Labute approximate surface area is 146 Å². The third-order valence-electron chi connectivity index (χ3n) is 6.08. The molecule has 1 amide bonds. The van der Waals surface area contributed by atoms with Gasteiger partial charge in [0, 0.05) is 19.5 Å². The quantitative estimate of drug-likeness (QED) is 0.917. The van der Waals surface area contributed by atoms with Gasteiger partial charge in [0.05, 0.1) is 0 Å². The van der Waals surface area contributed by atoms with Gasteiger partial charge in [-0.15, -0.1) is 0 Å². The SMILES string of the molecule is Cc1ccc(C(C)(C)CC(=O)N2CCC(C3CCNC3)CC2)cc1. The zero-order valence-corrected chi connectivity index (χ0v) is 15.5. The normalized spacial score (nSPS) is 22.8. The van der Waals surface area contributed by atoms with Gasteiger partial charge in [-0.25, -0.2) is 0 Å². The van der Waals surface area contributed by atoms with Crippen LogP contribution in [0, 0.1) is 18.8 Å². The van der Waals surface area contributed by atoms with E-state index in [2.05, 4.69) is 55.3 Å². The first kappa shape index (κ1) is 17.5. The van der Waals surface area contributed by atoms with Crippen LogP contribution in [0.1, 0.15) is 50.7 Å². The van der Waals surface area contributed by atoms with Crippen LogP contribution in [0.15, 0.2) is 24.3 Å². The monoisotopic (exact) mass is 328 g/mol. The Balaban J connectivity index is 1.54. The number of aryl methyl sites for hydroxylation is 1. The number of rotatable bonds is 4. The van der Waals surface area contributed by atoms with Gasteiger partial charge >= 0.3 is 0 Å². The number of hydrogen-bond donors (Lipinski definition) is 1. The highest BCUT2D eigenvalue weighted by molar-refractivity contribution is 5.77. The molecule has 2 aliphatic rings. The highest BCUT2D eigenvalue weighted by atomic mass is 16.2. The Kier molecular flexibility index (Phi) is 5.29. The molecule has 0 spiro atoms. The molecule has 3 nitrogen and oxygen atoms in total. The van der Waals surface area contributed by atoms with Crippen molar-refractivity contribution in [3.63, 3.8) is 0 Å². The van der Waals surface area contributed by atoms with E-state index in [0.717, 1.165) is 24.9 Å². The molecule has 24 heavy (non-hydrogen) atoms. The summed E-state index contributed by atoms with van der Waals surface area (Å²) in [6.07, 6.45) is 4.29. The molecule has 0 bridgehead atoms. The summed E-state index contributed by atoms with van der Waals surface area (Å²) in [6, 6.07) is 8.62. The Morgan fingerprint density at radius 1 is 1.12 bits per heavy atom. The van der Waals surface area contributed by atoms with Crippen LogP contribution in [0.4, 0.5) is 0 Å². The van der Waals surface area contributed by atoms with Crippen LogP contribution in [-0.4, -0.2) is 37.0 Å². The number of nitrogens with zero attached hydrogens (tertiary/aromatic N) is 1. The van der Waals surface area contributed by atoms with Crippen LogP contribution < -0.4 is 5.32 Å². The lowest BCUT2D eigenvalue weighted by atomic mass is 9.80. The third-order valence-corrected chi connectivity index (χ3v) is 6.08. The van der Waals surface area contributed by atoms with E-state index in [1.165, 1.54) is 43.5 Å². The van der Waals surface area contributed by atoms with E-state index in [1.54, 1.807) is 0 Å². The number of likely N-dealkylation sites (tertiary alicyclic amines) is 1. The van der Waals surface area contributed by atoms with Crippen molar-refractivity contribution in [3.05, 3.63) is 35.4 Å². The first-order chi connectivity index (χ1) is 11.5. The Morgan fingerprint density at radius 3 is 2.38 bits per heavy atom. The van der Waals surface area contributed by atoms with E-state index in [-0.39, 0.29) is 5.41 Å². The smallest absolute Gasteiger partial charge is 0.223 e. The Hall–Kier alpha value is -1.35. The lowest BCUT2D eigenvalue weighted by Gasteiger charge is -2.36. The van der Waals surface area contributed by atoms with Crippen molar-refractivity contribution in [1.29, 1.82) is 0 Å². The second-order valence-electron chi connectivity index (χ2n) is 8.40. The summed E-state index contributed by atoms with van der Waals surface area (Å²) < 4.78 is 0. The molecule has 1 aromatic carbocycles. The van der Waals surface area contributed by atoms with Crippen molar-refractivity contribution in [1.82, 2.24) is 10.2 Å². The van der Waals surface area contributed by atoms with Crippen molar-refractivity contribution in [3.8, 4) is 0 Å². The fraction of sp³-hybridized carbons (Fsp3) is 0.667. The molecular formula is C21H32N2O. The van der Waals surface area contributed by atoms with E-state index in [0.29, 0.717) is 12.3 Å². The summed E-state index contributed by atoms with van der Waals surface area (Å²) in [7, 11) is 0. The maximum absolute atomic E-state index is 12.8. The summed E-state index contributed by atoms with van der Waals surface area (Å²) in [4.78, 5) is 14.9. The lowest BCUT2D eigenvalue weighted by molar-refractivity contribution is -0.134. The zero-order chi connectivity index (χ0) is 17.2. The second kappa shape index (κ2) is 7.26. The van der Waals surface area contributed by atoms with Crippen LogP contribution in [-0.2, 0) is 10.2 Å². The van der Waals surface area contributed by atoms with Gasteiger partial charge in [-0.2, -0.15) is 0 Å². The molecule has 0 radical (unpaired) electrons. The topological polar surface area (TPSA) is 32.3 Å². The lowest BCUT2D eigenvalue weighted by Crippen LogP contribution is -2.42. The first-order valence-electron chi connectivity index (χ1n) is 9.51. The fourth-order valence-corrected chi connectivity index (χ4v) is 4.30. The predicted octanol–water partition coefficient (Wildman–Crippen LogP) is 3.51. The third kappa shape index (κ3) is 4.00. The van der Waals surface area contributed by atoms with Crippen LogP contribution in [0.5, 0.6) is 0 Å². The number of hydrogen-bond acceptors (Lipinski definition) is 2. The highest BCUT2D eigenvalue weighted by Gasteiger charge is 2.32. The van der Waals surface area contributed by atoms with E-state index in [1.807, 2.05) is 0 Å². The van der Waals surface area contributed by atoms with Crippen LogP contribution in [0.25, 0.3) is 0 Å². The van der Waals surface area contributed by atoms with E-state index >= 15 is 0 Å². The van der Waals surface area contributed by atoms with Gasteiger partial charge < -0.3 is 10.2 Å². The minimum Gasteiger partial charge on any atom is -0.343 e. The molecule has 2 aliphatic heterocycles. The molecule has 1 atom stereocenters. The molecule has 0 aromatic heterocycles. The fourth-order valence-electron chi connectivity index (χ4n) is 4.30. The predicted molar refractivity (Wildman–Crippen MR) is 99.1 cm³/mol. The molecule has 2 fully saturated rings. The number of benzene rings is 1. The van der Waals surface area contributed by atoms with Crippen molar-refractivity contribution in [2.75, 3.05) is 26.2 Å². The molecule has 3 heteroatoms. The van der Waals surface area contributed by atoms with Crippen LogP contribution >= 0.6 is 0 Å². The molecule has 1 aromatic rings. The molecule has 132 valence electrons. The van der Waals surface area contributed by atoms with Gasteiger partial charge in [-0.05, 0) is 62.1 Å². The molecule has 1 N–H and O–H groups in total. The molecule has 0 aliphatic carbocycles. The second-order valence-corrected chi connectivity index (χ2v) is 8.40. The summed E-state index contributed by atoms with van der Waals surface area (Å²) >= 11 is 0. The van der Waals surface area contributed by atoms with Gasteiger partial charge in [0.2, 0.25) is 5.91 Å². The van der Waals surface area contributed by atoms with Gasteiger partial charge in [0.15, 0.2) is 0 Å². The van der Waals surface area contributed by atoms with Crippen LogP contribution in [0.3, 0.4) is 0 Å². The van der Waals surface area contributed by atoms with E-state index in [9.17, 15) is 4.79 Å². The van der Waals surface area contributed by atoms with E-state index in [4.69, 9.17) is 0 Å². The molecule has 2 heterocycles. The molecule has 2 saturated heterocycles. The number of carbonyl (C=O) groups excluding carboxylic acids is 1. The summed E-state index contributed by atoms with van der Waals surface area (Å²) in [5.74, 6) is 1.98. The highest BCUT2D eigenvalue weighted by Crippen LogP contribution is 2.32. The average molecular weight is 329 g/mol. The minimum atomic E-state index is -0.100. The first-order valence-corrected chi connectivity index (χ1v) is 9.51. The van der Waals surface area contributed by atoms with Crippen LogP contribution in [0.2, 0.25) is 0 Å². The minimum absolute atomic E-state index is 0.100. The van der Waals surface area contributed by atoms with Gasteiger partial charge in [0.25, 0.3) is 0 Å². The van der Waals surface area contributed by atoms with Crippen molar-refractivity contribution < 1.29 is 4.79 Å². The Morgan fingerprint density at radius 2 is 1.79 bits per heavy atom. The van der Waals surface area contributed by atoms with Gasteiger partial charge in [0.1, 0.15) is 0 Å². The largest absolute Gasteiger partial charge is 0.343 e. The zero-order valence-electron chi connectivity index (χ0n) is 15.5. The van der Waals surface area contributed by atoms with E-state index < -0.39 is 0 Å². The number of piperidine rings is 1. The maximum Gasteiger partial charge on any atom is 0.223 e. The van der Waals surface area contributed by atoms with Gasteiger partial charge in [-0.1, -0.05) is 43.7 Å². The van der Waals surface area contributed by atoms with Gasteiger partial charge in [-0.3, -0.25) is 4.79 Å². The maximum atomic E-state index is 12.8. The summed E-state index contributed by atoms with van der Waals surface area (Å²) in [6.45, 7) is 10.7. The molecule has 1 unspecified atom stereocenters. The molecular weight excluding hydrogens is 296 g/mol. The van der Waals surface area contributed by atoms with Crippen molar-refractivity contribution in [2.45, 2.75) is 51.9 Å². The molecule has 3 rings (SSSR count). The summed E-state index contributed by atoms with van der Waals surface area (Å²) in [5.41, 5.74) is 2.43. The van der Waals surface area contributed by atoms with Crippen molar-refractivity contribution >= 4 is 5.91 Å². The Bertz CT molecular complexity index is 550. The molecule has 0 saturated carbocycles. The van der Waals surface area contributed by atoms with Crippen molar-refractivity contribution in [2.24, 2.45) is 11.8 Å². The number of nitrogens with one attached hydrogen (secondary N) is 1.